The van der Waals surface area contributed by atoms with Gasteiger partial charge < -0.3 is 4.90 Å². The number of aromatic amines is 1. The van der Waals surface area contributed by atoms with E-state index in [1.165, 1.54) is 12.8 Å². The quantitative estimate of drug-likeness (QED) is 0.572. The van der Waals surface area contributed by atoms with Gasteiger partial charge in [0.25, 0.3) is 11.5 Å². The maximum Gasteiger partial charge on any atom is 0.272 e. The average Bonchev–Trinajstić information content (AvgIpc) is 3.22. The minimum atomic E-state index is -0.724. The van der Waals surface area contributed by atoms with Gasteiger partial charge in [-0.05, 0) is 49.3 Å². The average molecular weight is 422 g/mol. The molecule has 1 aliphatic carbocycles. The Labute approximate surface area is 181 Å². The van der Waals surface area contributed by atoms with Crippen molar-refractivity contribution in [3.8, 4) is 0 Å². The molecule has 1 aliphatic heterocycles. The standard InChI is InChI=1S/C25H28FN3O2/c1-3-17(13-23-20-10-6-7-11-21(20)24(30)28-27-23)12-22(16(2)26)25(31)29-14-18-8-4-5-9-19(18)15-29/h3,6-7,10-12,18-19H,2,4-5,8-9,13-15H2,1H3,(H,28,30). The van der Waals surface area contributed by atoms with Crippen LogP contribution in [-0.2, 0) is 11.2 Å². The van der Waals surface area contributed by atoms with Gasteiger partial charge in [0, 0.05) is 24.9 Å². The van der Waals surface area contributed by atoms with Crippen molar-refractivity contribution in [3.63, 3.8) is 0 Å². The molecule has 2 unspecified atom stereocenters. The summed E-state index contributed by atoms with van der Waals surface area (Å²) >= 11 is 0. The van der Waals surface area contributed by atoms with Gasteiger partial charge >= 0.3 is 0 Å². The fourth-order valence-electron chi connectivity index (χ4n) is 4.92. The molecule has 1 saturated carbocycles. The highest BCUT2D eigenvalue weighted by atomic mass is 19.1. The van der Waals surface area contributed by atoms with Gasteiger partial charge in [0.2, 0.25) is 0 Å². The summed E-state index contributed by atoms with van der Waals surface area (Å²) in [6.45, 7) is 6.66. The number of nitrogens with zero attached hydrogens (tertiary/aromatic N) is 2. The Bertz CT molecular complexity index is 1120. The molecule has 2 aliphatic rings. The lowest BCUT2D eigenvalue weighted by molar-refractivity contribution is -0.126. The lowest BCUT2D eigenvalue weighted by atomic mass is 9.82. The molecular formula is C25H28FN3O2. The second-order valence-electron chi connectivity index (χ2n) is 8.56. The van der Waals surface area contributed by atoms with E-state index in [1.54, 1.807) is 23.1 Å². The molecule has 162 valence electrons. The van der Waals surface area contributed by atoms with Crippen LogP contribution in [0.25, 0.3) is 10.8 Å². The van der Waals surface area contributed by atoms with Gasteiger partial charge in [-0.2, -0.15) is 5.10 Å². The molecule has 2 aromatic rings. The molecule has 1 aromatic carbocycles. The summed E-state index contributed by atoms with van der Waals surface area (Å²) in [4.78, 5) is 27.0. The Hall–Kier alpha value is -3.02. The number of allylic oxidation sites excluding steroid dienone is 3. The summed E-state index contributed by atoms with van der Waals surface area (Å²) in [5.41, 5.74) is 1.16. The number of rotatable bonds is 5. The summed E-state index contributed by atoms with van der Waals surface area (Å²) in [6.07, 6.45) is 8.50. The fraction of sp³-hybridized carbons (Fsp3) is 0.400. The van der Waals surface area contributed by atoms with Crippen LogP contribution in [0, 0.1) is 11.8 Å². The van der Waals surface area contributed by atoms with Gasteiger partial charge in [-0.25, -0.2) is 9.49 Å². The van der Waals surface area contributed by atoms with Gasteiger partial charge in [-0.3, -0.25) is 9.59 Å². The van der Waals surface area contributed by atoms with Gasteiger partial charge in [0.15, 0.2) is 0 Å². The molecule has 0 spiro atoms. The van der Waals surface area contributed by atoms with Crippen LogP contribution in [0.2, 0.25) is 0 Å². The van der Waals surface area contributed by atoms with E-state index < -0.39 is 5.83 Å². The van der Waals surface area contributed by atoms with E-state index in [0.29, 0.717) is 42.4 Å². The van der Waals surface area contributed by atoms with E-state index >= 15 is 0 Å². The van der Waals surface area contributed by atoms with Crippen molar-refractivity contribution in [1.29, 1.82) is 0 Å². The van der Waals surface area contributed by atoms with Gasteiger partial charge in [0.1, 0.15) is 5.83 Å². The molecule has 2 atom stereocenters. The number of aromatic nitrogens is 2. The first-order valence-corrected chi connectivity index (χ1v) is 10.9. The Morgan fingerprint density at radius 1 is 1.23 bits per heavy atom. The first-order chi connectivity index (χ1) is 15.0. The molecule has 2 fully saturated rings. The number of carbonyl (C=O) groups excluding carboxylic acids is 1. The zero-order valence-corrected chi connectivity index (χ0v) is 17.9. The highest BCUT2D eigenvalue weighted by Gasteiger charge is 2.37. The van der Waals surface area contributed by atoms with Crippen LogP contribution in [0.1, 0.15) is 38.3 Å². The van der Waals surface area contributed by atoms with Crippen LogP contribution >= 0.6 is 0 Å². The SMILES string of the molecule is C=C(F)C(=CC(=CC)Cc1n[nH]c(=O)c2ccccc12)C(=O)N1CC2CCCCC2C1. The second-order valence-corrected chi connectivity index (χ2v) is 8.56. The summed E-state index contributed by atoms with van der Waals surface area (Å²) in [5, 5.41) is 8.02. The predicted molar refractivity (Wildman–Crippen MR) is 120 cm³/mol. The summed E-state index contributed by atoms with van der Waals surface area (Å²) in [7, 11) is 0. The number of nitrogens with one attached hydrogen (secondary N) is 1. The third-order valence-corrected chi connectivity index (χ3v) is 6.63. The number of amides is 1. The van der Waals surface area contributed by atoms with Crippen molar-refractivity contribution < 1.29 is 9.18 Å². The highest BCUT2D eigenvalue weighted by molar-refractivity contribution is 5.97. The number of carbonyl (C=O) groups is 1. The highest BCUT2D eigenvalue weighted by Crippen LogP contribution is 2.37. The predicted octanol–water partition coefficient (Wildman–Crippen LogP) is 4.47. The number of hydrogen-bond donors (Lipinski definition) is 1. The van der Waals surface area contributed by atoms with Crippen molar-refractivity contribution in [3.05, 3.63) is 76.0 Å². The molecule has 1 N–H and O–H groups in total. The van der Waals surface area contributed by atoms with Crippen LogP contribution in [0.15, 0.2) is 64.8 Å². The fourth-order valence-corrected chi connectivity index (χ4v) is 4.92. The van der Waals surface area contributed by atoms with Crippen molar-refractivity contribution in [2.24, 2.45) is 11.8 Å². The van der Waals surface area contributed by atoms with E-state index in [9.17, 15) is 14.0 Å². The minimum absolute atomic E-state index is 0.000442. The van der Waals surface area contributed by atoms with Crippen molar-refractivity contribution in [2.45, 2.75) is 39.0 Å². The molecule has 1 aromatic heterocycles. The summed E-state index contributed by atoms with van der Waals surface area (Å²) < 4.78 is 14.4. The number of halogens is 1. The molecular weight excluding hydrogens is 393 g/mol. The van der Waals surface area contributed by atoms with Crippen molar-refractivity contribution >= 4 is 16.7 Å². The first kappa shape index (κ1) is 21.2. The third kappa shape index (κ3) is 4.38. The topological polar surface area (TPSA) is 66.1 Å². The molecule has 31 heavy (non-hydrogen) atoms. The van der Waals surface area contributed by atoms with Gasteiger partial charge in [0.05, 0.1) is 16.7 Å². The maximum atomic E-state index is 14.4. The van der Waals surface area contributed by atoms with Gasteiger partial charge in [-0.1, -0.05) is 43.7 Å². The largest absolute Gasteiger partial charge is 0.338 e. The van der Waals surface area contributed by atoms with Crippen molar-refractivity contribution in [2.75, 3.05) is 13.1 Å². The maximum absolute atomic E-state index is 14.4. The monoisotopic (exact) mass is 421 g/mol. The summed E-state index contributed by atoms with van der Waals surface area (Å²) in [5.74, 6) is 0.0495. The lowest BCUT2D eigenvalue weighted by Gasteiger charge is -2.22. The Balaban J connectivity index is 1.59. The third-order valence-electron chi connectivity index (χ3n) is 6.63. The zero-order valence-electron chi connectivity index (χ0n) is 17.9. The van der Waals surface area contributed by atoms with E-state index in [1.807, 2.05) is 25.1 Å². The normalized spacial score (nSPS) is 21.9. The molecule has 0 radical (unpaired) electrons. The first-order valence-electron chi connectivity index (χ1n) is 10.9. The van der Waals surface area contributed by atoms with E-state index in [-0.39, 0.29) is 17.0 Å². The van der Waals surface area contributed by atoms with E-state index in [4.69, 9.17) is 0 Å². The molecule has 0 bridgehead atoms. The van der Waals surface area contributed by atoms with Crippen LogP contribution in [-0.4, -0.2) is 34.1 Å². The molecule has 1 saturated heterocycles. The molecule has 1 amide bonds. The van der Waals surface area contributed by atoms with Crippen LogP contribution < -0.4 is 5.56 Å². The lowest BCUT2D eigenvalue weighted by Crippen LogP contribution is -2.30. The Kier molecular flexibility index (Phi) is 6.16. The molecule has 2 heterocycles. The van der Waals surface area contributed by atoms with E-state index in [0.717, 1.165) is 23.8 Å². The van der Waals surface area contributed by atoms with Crippen LogP contribution in [0.5, 0.6) is 0 Å². The molecule has 6 heteroatoms. The smallest absolute Gasteiger partial charge is 0.272 e. The number of fused-ring (bicyclic) bond motifs is 2. The number of H-pyrrole nitrogens is 1. The van der Waals surface area contributed by atoms with Crippen LogP contribution in [0.3, 0.4) is 0 Å². The molecule has 4 rings (SSSR count). The number of likely N-dealkylation sites (tertiary alicyclic amines) is 1. The zero-order chi connectivity index (χ0) is 22.0. The molecule has 5 nitrogen and oxygen atoms in total. The number of benzene rings is 1. The minimum Gasteiger partial charge on any atom is -0.338 e. The Morgan fingerprint density at radius 3 is 2.48 bits per heavy atom. The van der Waals surface area contributed by atoms with Gasteiger partial charge in [-0.15, -0.1) is 0 Å². The Morgan fingerprint density at radius 2 is 1.87 bits per heavy atom. The van der Waals surface area contributed by atoms with E-state index in [2.05, 4.69) is 16.8 Å². The number of hydrogen-bond acceptors (Lipinski definition) is 3. The second kappa shape index (κ2) is 9.00. The van der Waals surface area contributed by atoms with Crippen molar-refractivity contribution in [1.82, 2.24) is 15.1 Å². The van der Waals surface area contributed by atoms with Crippen LogP contribution in [0.4, 0.5) is 4.39 Å². The summed E-state index contributed by atoms with van der Waals surface area (Å²) in [6, 6.07) is 7.24.